The van der Waals surface area contributed by atoms with Gasteiger partial charge >= 0.3 is 0 Å². The Morgan fingerprint density at radius 1 is 1.13 bits per heavy atom. The number of halogens is 1. The van der Waals surface area contributed by atoms with Crippen LogP contribution in [0.2, 0.25) is 5.02 Å². The lowest BCUT2D eigenvalue weighted by Gasteiger charge is -2.17. The number of nitrogens with zero attached hydrogens (tertiary/aromatic N) is 1. The molecule has 0 bridgehead atoms. The first-order valence-electron chi connectivity index (χ1n) is 10.0. The predicted molar refractivity (Wildman–Crippen MR) is 122 cm³/mol. The number of hydrogen-bond donors (Lipinski definition) is 1. The SMILES string of the molecule is CC[C@@H](Cc1ccccc1)NC(=O)CS(=O)(=O)Cc1nc(-c2ccccc2Cl)oc1C. The molecule has 0 radical (unpaired) electrons. The molecule has 0 saturated carbocycles. The highest BCUT2D eigenvalue weighted by molar-refractivity contribution is 7.91. The highest BCUT2D eigenvalue weighted by Gasteiger charge is 2.23. The zero-order valence-corrected chi connectivity index (χ0v) is 19.0. The molecule has 1 atom stereocenters. The number of hydrogen-bond acceptors (Lipinski definition) is 5. The number of amides is 1. The van der Waals surface area contributed by atoms with E-state index in [4.69, 9.17) is 16.0 Å². The Morgan fingerprint density at radius 3 is 2.48 bits per heavy atom. The van der Waals surface area contributed by atoms with E-state index < -0.39 is 21.5 Å². The average Bonchev–Trinajstić information content (AvgIpc) is 3.07. The van der Waals surface area contributed by atoms with E-state index in [0.717, 1.165) is 5.56 Å². The van der Waals surface area contributed by atoms with Gasteiger partial charge < -0.3 is 9.73 Å². The minimum absolute atomic E-state index is 0.134. The van der Waals surface area contributed by atoms with E-state index in [-0.39, 0.29) is 23.4 Å². The van der Waals surface area contributed by atoms with Crippen LogP contribution in [0.5, 0.6) is 0 Å². The van der Waals surface area contributed by atoms with Crippen molar-refractivity contribution in [2.45, 2.75) is 38.5 Å². The maximum absolute atomic E-state index is 12.6. The van der Waals surface area contributed by atoms with E-state index in [1.165, 1.54) is 0 Å². The summed E-state index contributed by atoms with van der Waals surface area (Å²) in [4.78, 5) is 16.7. The van der Waals surface area contributed by atoms with E-state index >= 15 is 0 Å². The van der Waals surface area contributed by atoms with Crippen molar-refractivity contribution in [2.24, 2.45) is 0 Å². The van der Waals surface area contributed by atoms with Gasteiger partial charge in [0, 0.05) is 6.04 Å². The second-order valence-electron chi connectivity index (χ2n) is 7.40. The molecule has 3 rings (SSSR count). The molecule has 0 saturated heterocycles. The van der Waals surface area contributed by atoms with Crippen molar-refractivity contribution in [1.82, 2.24) is 10.3 Å². The Kier molecular flexibility index (Phi) is 7.51. The van der Waals surface area contributed by atoms with Gasteiger partial charge in [-0.05, 0) is 37.5 Å². The van der Waals surface area contributed by atoms with Crippen molar-refractivity contribution in [2.75, 3.05) is 5.75 Å². The molecule has 164 valence electrons. The van der Waals surface area contributed by atoms with Crippen molar-refractivity contribution in [3.63, 3.8) is 0 Å². The highest BCUT2D eigenvalue weighted by atomic mass is 35.5. The Balaban J connectivity index is 1.64. The lowest BCUT2D eigenvalue weighted by molar-refractivity contribution is -0.119. The molecule has 1 heterocycles. The van der Waals surface area contributed by atoms with E-state index in [0.29, 0.717) is 29.2 Å². The standard InChI is InChI=1S/C23H25ClN2O4S/c1-3-18(13-17-9-5-4-6-10-17)25-22(27)15-31(28,29)14-21-16(2)30-23(26-21)19-11-7-8-12-20(19)24/h4-12,18H,3,13-15H2,1-2H3,(H,25,27)/t18-/m0/s1. The van der Waals surface area contributed by atoms with Crippen LogP contribution in [0.3, 0.4) is 0 Å². The molecular formula is C23H25ClN2O4S. The number of carbonyl (C=O) groups excluding carboxylic acids is 1. The van der Waals surface area contributed by atoms with Gasteiger partial charge in [-0.3, -0.25) is 4.79 Å². The number of aromatic nitrogens is 1. The Labute approximate surface area is 187 Å². The summed E-state index contributed by atoms with van der Waals surface area (Å²) < 4.78 is 30.9. The van der Waals surface area contributed by atoms with Crippen molar-refractivity contribution in [1.29, 1.82) is 0 Å². The van der Waals surface area contributed by atoms with Gasteiger partial charge in [0.05, 0.1) is 22.0 Å². The first-order valence-corrected chi connectivity index (χ1v) is 12.2. The summed E-state index contributed by atoms with van der Waals surface area (Å²) in [6.07, 6.45) is 1.34. The zero-order chi connectivity index (χ0) is 22.4. The minimum atomic E-state index is -3.73. The number of sulfone groups is 1. The summed E-state index contributed by atoms with van der Waals surface area (Å²) >= 11 is 6.17. The molecule has 2 aromatic carbocycles. The van der Waals surface area contributed by atoms with Gasteiger partial charge in [0.2, 0.25) is 11.8 Å². The molecule has 31 heavy (non-hydrogen) atoms. The number of benzene rings is 2. The fraction of sp³-hybridized carbons (Fsp3) is 0.304. The minimum Gasteiger partial charge on any atom is -0.441 e. The second kappa shape index (κ2) is 10.1. The van der Waals surface area contributed by atoms with Gasteiger partial charge in [-0.1, -0.05) is 61.0 Å². The third kappa shape index (κ3) is 6.42. The molecule has 3 aromatic rings. The summed E-state index contributed by atoms with van der Waals surface area (Å²) in [5.41, 5.74) is 1.95. The molecule has 1 amide bonds. The Morgan fingerprint density at radius 2 is 1.81 bits per heavy atom. The van der Waals surface area contributed by atoms with E-state index in [1.54, 1.807) is 31.2 Å². The molecular weight excluding hydrogens is 436 g/mol. The molecule has 8 heteroatoms. The molecule has 1 aromatic heterocycles. The lowest BCUT2D eigenvalue weighted by Crippen LogP contribution is -2.39. The lowest BCUT2D eigenvalue weighted by atomic mass is 10.0. The molecule has 6 nitrogen and oxygen atoms in total. The predicted octanol–water partition coefficient (Wildman–Crippen LogP) is 4.36. The normalized spacial score (nSPS) is 12.5. The molecule has 1 N–H and O–H groups in total. The summed E-state index contributed by atoms with van der Waals surface area (Å²) in [6, 6.07) is 16.7. The van der Waals surface area contributed by atoms with Gasteiger partial charge in [0.15, 0.2) is 9.84 Å². The van der Waals surface area contributed by atoms with Crippen LogP contribution in [-0.4, -0.2) is 31.1 Å². The Bertz CT molecular complexity index is 1140. The molecule has 0 fully saturated rings. The molecule has 0 unspecified atom stereocenters. The van der Waals surface area contributed by atoms with Gasteiger partial charge in [-0.2, -0.15) is 0 Å². The summed E-state index contributed by atoms with van der Waals surface area (Å²) in [5.74, 6) is -0.863. The number of rotatable bonds is 9. The Hall–Kier alpha value is -2.64. The van der Waals surface area contributed by atoms with Crippen LogP contribution >= 0.6 is 11.6 Å². The summed E-state index contributed by atoms with van der Waals surface area (Å²) in [7, 11) is -3.73. The highest BCUT2D eigenvalue weighted by Crippen LogP contribution is 2.29. The van der Waals surface area contributed by atoms with Crippen molar-refractivity contribution >= 4 is 27.3 Å². The quantitative estimate of drug-likeness (QED) is 0.512. The average molecular weight is 461 g/mol. The monoisotopic (exact) mass is 460 g/mol. The van der Waals surface area contributed by atoms with Crippen molar-refractivity contribution < 1.29 is 17.6 Å². The summed E-state index contributed by atoms with van der Waals surface area (Å²) in [6.45, 7) is 3.60. The first-order chi connectivity index (χ1) is 14.8. The zero-order valence-electron chi connectivity index (χ0n) is 17.5. The molecule has 0 aliphatic heterocycles. The van der Waals surface area contributed by atoms with Gasteiger partial charge in [-0.25, -0.2) is 13.4 Å². The number of oxazole rings is 1. The topological polar surface area (TPSA) is 89.3 Å². The fourth-order valence-electron chi connectivity index (χ4n) is 3.24. The third-order valence-electron chi connectivity index (χ3n) is 4.89. The largest absolute Gasteiger partial charge is 0.441 e. The van der Waals surface area contributed by atoms with Crippen LogP contribution in [0.15, 0.2) is 59.0 Å². The van der Waals surface area contributed by atoms with E-state index in [9.17, 15) is 13.2 Å². The van der Waals surface area contributed by atoms with E-state index in [1.807, 2.05) is 37.3 Å². The van der Waals surface area contributed by atoms with Gasteiger partial charge in [0.1, 0.15) is 11.5 Å². The van der Waals surface area contributed by atoms with Gasteiger partial charge in [-0.15, -0.1) is 0 Å². The summed E-state index contributed by atoms with van der Waals surface area (Å²) in [5, 5.41) is 3.29. The van der Waals surface area contributed by atoms with Crippen molar-refractivity contribution in [3.8, 4) is 11.5 Å². The third-order valence-corrected chi connectivity index (χ3v) is 6.63. The van der Waals surface area contributed by atoms with Crippen LogP contribution in [0.4, 0.5) is 0 Å². The van der Waals surface area contributed by atoms with Crippen LogP contribution in [0.25, 0.3) is 11.5 Å². The fourth-order valence-corrected chi connectivity index (χ4v) is 4.72. The van der Waals surface area contributed by atoms with Crippen LogP contribution in [0, 0.1) is 6.92 Å². The number of carbonyl (C=O) groups is 1. The van der Waals surface area contributed by atoms with E-state index in [2.05, 4.69) is 10.3 Å². The van der Waals surface area contributed by atoms with Crippen LogP contribution in [0.1, 0.15) is 30.4 Å². The maximum atomic E-state index is 12.6. The number of nitrogens with one attached hydrogen (secondary N) is 1. The number of aryl methyl sites for hydroxylation is 1. The molecule has 0 aliphatic carbocycles. The first kappa shape index (κ1) is 23.0. The smallest absolute Gasteiger partial charge is 0.235 e. The van der Waals surface area contributed by atoms with Crippen LogP contribution in [-0.2, 0) is 26.8 Å². The van der Waals surface area contributed by atoms with Crippen LogP contribution < -0.4 is 5.32 Å². The van der Waals surface area contributed by atoms with Gasteiger partial charge in [0.25, 0.3) is 0 Å². The van der Waals surface area contributed by atoms with Crippen molar-refractivity contribution in [3.05, 3.63) is 76.6 Å². The molecule has 0 aliphatic rings. The molecule has 0 spiro atoms. The second-order valence-corrected chi connectivity index (χ2v) is 9.87. The maximum Gasteiger partial charge on any atom is 0.235 e.